The molecule has 0 fully saturated rings. The number of aromatic nitrogens is 1. The molecule has 0 atom stereocenters. The molecule has 0 spiro atoms. The third-order valence-electron chi connectivity index (χ3n) is 3.71. The molecule has 0 aliphatic heterocycles. The Morgan fingerprint density at radius 1 is 1.36 bits per heavy atom. The summed E-state index contributed by atoms with van der Waals surface area (Å²) < 4.78 is 7.70. The molecule has 1 aromatic heterocycles. The Kier molecular flexibility index (Phi) is 5.80. The number of nitrogens with zero attached hydrogens (tertiary/aromatic N) is 2. The van der Waals surface area contributed by atoms with Gasteiger partial charge in [-0.05, 0) is 56.7 Å². The molecule has 1 heterocycles. The van der Waals surface area contributed by atoms with E-state index in [2.05, 4.69) is 16.9 Å². The quantitative estimate of drug-likeness (QED) is 0.650. The van der Waals surface area contributed by atoms with Crippen molar-refractivity contribution in [3.05, 3.63) is 46.1 Å². The summed E-state index contributed by atoms with van der Waals surface area (Å²) >= 11 is 0. The highest BCUT2D eigenvalue weighted by atomic mass is 16.5. The van der Waals surface area contributed by atoms with Crippen LogP contribution in [0.4, 0.5) is 5.69 Å². The maximum Gasteiger partial charge on any atom is 0.166 e. The highest BCUT2D eigenvalue weighted by Gasteiger charge is 2.10. The summed E-state index contributed by atoms with van der Waals surface area (Å²) in [6, 6.07) is 7.71. The number of aliphatic imine (C=N–C) groups is 1. The van der Waals surface area contributed by atoms with Gasteiger partial charge in [-0.1, -0.05) is 12.6 Å². The second kappa shape index (κ2) is 7.83. The van der Waals surface area contributed by atoms with Crippen LogP contribution in [0.15, 0.2) is 29.3 Å². The maximum absolute atomic E-state index is 11.2. The van der Waals surface area contributed by atoms with E-state index in [1.54, 1.807) is 16.8 Å². The minimum absolute atomic E-state index is 0.0561. The first-order valence-corrected chi connectivity index (χ1v) is 8.24. The SMILES string of the molecule is C=c1cc(C=O)n(C)/c1=C(/N=C\C)Nc1ccc(C)cc1OC(C)C. The average molecular weight is 339 g/mol. The van der Waals surface area contributed by atoms with Gasteiger partial charge in [0, 0.05) is 13.3 Å². The molecule has 0 aliphatic carbocycles. The zero-order valence-electron chi connectivity index (χ0n) is 15.5. The van der Waals surface area contributed by atoms with Gasteiger partial charge in [0.2, 0.25) is 0 Å². The smallest absolute Gasteiger partial charge is 0.166 e. The number of rotatable bonds is 6. The minimum atomic E-state index is 0.0561. The van der Waals surface area contributed by atoms with Gasteiger partial charge in [0.05, 0.1) is 22.8 Å². The van der Waals surface area contributed by atoms with E-state index in [0.29, 0.717) is 11.5 Å². The molecule has 0 amide bonds. The highest BCUT2D eigenvalue weighted by Crippen LogP contribution is 2.28. The number of hydrogen-bond donors (Lipinski definition) is 1. The Labute approximate surface area is 148 Å². The van der Waals surface area contributed by atoms with E-state index in [4.69, 9.17) is 4.74 Å². The number of hydrogen-bond acceptors (Lipinski definition) is 4. The van der Waals surface area contributed by atoms with Gasteiger partial charge in [-0.2, -0.15) is 0 Å². The van der Waals surface area contributed by atoms with Crippen LogP contribution in [-0.4, -0.2) is 23.2 Å². The fourth-order valence-electron chi connectivity index (χ4n) is 2.61. The number of carbonyl (C=O) groups excluding carboxylic acids is 1. The van der Waals surface area contributed by atoms with E-state index in [-0.39, 0.29) is 6.10 Å². The molecule has 2 rings (SSSR count). The van der Waals surface area contributed by atoms with Crippen LogP contribution in [0.2, 0.25) is 0 Å². The van der Waals surface area contributed by atoms with Gasteiger partial charge < -0.3 is 14.6 Å². The van der Waals surface area contributed by atoms with Crippen LogP contribution in [0.5, 0.6) is 5.75 Å². The van der Waals surface area contributed by atoms with Crippen molar-refractivity contribution in [1.29, 1.82) is 0 Å². The lowest BCUT2D eigenvalue weighted by atomic mass is 10.2. The topological polar surface area (TPSA) is 55.6 Å². The van der Waals surface area contributed by atoms with Crippen LogP contribution in [0.1, 0.15) is 36.8 Å². The Balaban J connectivity index is 2.63. The zero-order valence-corrected chi connectivity index (χ0v) is 15.5. The fraction of sp³-hybridized carbons (Fsp3) is 0.300. The summed E-state index contributed by atoms with van der Waals surface area (Å²) in [6.07, 6.45) is 2.57. The van der Waals surface area contributed by atoms with Crippen molar-refractivity contribution in [1.82, 2.24) is 4.57 Å². The zero-order chi connectivity index (χ0) is 18.6. The molecule has 1 N–H and O–H groups in total. The molecule has 0 saturated carbocycles. The molecule has 0 aliphatic rings. The minimum Gasteiger partial charge on any atom is -0.489 e. The van der Waals surface area contributed by atoms with E-state index < -0.39 is 0 Å². The molecule has 2 aromatic rings. The van der Waals surface area contributed by atoms with E-state index >= 15 is 0 Å². The van der Waals surface area contributed by atoms with Gasteiger partial charge in [0.15, 0.2) is 12.1 Å². The van der Waals surface area contributed by atoms with Crippen molar-refractivity contribution in [2.45, 2.75) is 33.8 Å². The molecule has 25 heavy (non-hydrogen) atoms. The van der Waals surface area contributed by atoms with Crippen LogP contribution in [0, 0.1) is 6.92 Å². The van der Waals surface area contributed by atoms with Crippen LogP contribution in [0.25, 0.3) is 12.4 Å². The number of ether oxygens (including phenoxy) is 1. The van der Waals surface area contributed by atoms with Crippen molar-refractivity contribution in [2.75, 3.05) is 5.32 Å². The largest absolute Gasteiger partial charge is 0.489 e. The summed E-state index contributed by atoms with van der Waals surface area (Å²) in [5.41, 5.74) is 2.48. The first-order chi connectivity index (χ1) is 11.9. The van der Waals surface area contributed by atoms with Crippen molar-refractivity contribution in [2.24, 2.45) is 12.0 Å². The second-order valence-corrected chi connectivity index (χ2v) is 6.15. The van der Waals surface area contributed by atoms with Crippen LogP contribution >= 0.6 is 0 Å². The summed E-state index contributed by atoms with van der Waals surface area (Å²) in [7, 11) is 1.82. The lowest BCUT2D eigenvalue weighted by Gasteiger charge is -2.16. The van der Waals surface area contributed by atoms with Gasteiger partial charge in [-0.25, -0.2) is 4.99 Å². The molecule has 1 aromatic carbocycles. The van der Waals surface area contributed by atoms with E-state index in [1.807, 2.05) is 52.9 Å². The lowest BCUT2D eigenvalue weighted by Crippen LogP contribution is -2.31. The number of aldehydes is 1. The van der Waals surface area contributed by atoms with E-state index in [9.17, 15) is 4.79 Å². The number of benzene rings is 1. The monoisotopic (exact) mass is 339 g/mol. The summed E-state index contributed by atoms with van der Waals surface area (Å²) in [5.74, 6) is 1.37. The van der Waals surface area contributed by atoms with Gasteiger partial charge in [0.25, 0.3) is 0 Å². The normalized spacial score (nSPS) is 12.6. The lowest BCUT2D eigenvalue weighted by molar-refractivity contribution is 0.111. The van der Waals surface area contributed by atoms with Gasteiger partial charge >= 0.3 is 0 Å². The standard InChI is InChI=1S/C20H25N3O2/c1-7-21-20(19-15(5)11-16(12-24)23(19)6)22-17-9-8-14(4)10-18(17)25-13(2)3/h7-13,22H,5H2,1-4,6H3/b20-19-,21-7-. The van der Waals surface area contributed by atoms with E-state index in [0.717, 1.165) is 33.9 Å². The first-order valence-electron chi connectivity index (χ1n) is 8.24. The highest BCUT2D eigenvalue weighted by molar-refractivity contribution is 5.76. The van der Waals surface area contributed by atoms with Crippen molar-refractivity contribution in [3.8, 4) is 5.75 Å². The summed E-state index contributed by atoms with van der Waals surface area (Å²) in [6.45, 7) is 11.9. The number of nitrogens with one attached hydrogen (secondary N) is 1. The Bertz CT molecular complexity index is 908. The first kappa shape index (κ1) is 18.5. The van der Waals surface area contributed by atoms with Crippen molar-refractivity contribution < 1.29 is 9.53 Å². The Morgan fingerprint density at radius 2 is 2.08 bits per heavy atom. The molecule has 0 bridgehead atoms. The molecule has 132 valence electrons. The molecular weight excluding hydrogens is 314 g/mol. The third-order valence-corrected chi connectivity index (χ3v) is 3.71. The molecular formula is C20H25N3O2. The Hall–Kier alpha value is -2.82. The Morgan fingerprint density at radius 3 is 2.64 bits per heavy atom. The third kappa shape index (κ3) is 4.18. The van der Waals surface area contributed by atoms with Gasteiger partial charge in [-0.3, -0.25) is 4.79 Å². The molecule has 0 radical (unpaired) electrons. The van der Waals surface area contributed by atoms with Gasteiger partial charge in [0.1, 0.15) is 5.75 Å². The number of anilines is 1. The van der Waals surface area contributed by atoms with E-state index in [1.165, 1.54) is 0 Å². The second-order valence-electron chi connectivity index (χ2n) is 6.15. The number of carbonyl (C=O) groups is 1. The predicted molar refractivity (Wildman–Crippen MR) is 104 cm³/mol. The van der Waals surface area contributed by atoms with Crippen molar-refractivity contribution >= 4 is 30.6 Å². The average Bonchev–Trinajstić information content (AvgIpc) is 2.83. The summed E-state index contributed by atoms with van der Waals surface area (Å²) in [5, 5.41) is 4.83. The fourth-order valence-corrected chi connectivity index (χ4v) is 2.61. The maximum atomic E-state index is 11.2. The molecule has 5 nitrogen and oxygen atoms in total. The molecule has 5 heteroatoms. The molecule has 0 saturated heterocycles. The predicted octanol–water partition coefficient (Wildman–Crippen LogP) is 2.61. The summed E-state index contributed by atoms with van der Waals surface area (Å²) in [4.78, 5) is 15.7. The van der Waals surface area contributed by atoms with Crippen LogP contribution < -0.4 is 20.6 Å². The van der Waals surface area contributed by atoms with Crippen LogP contribution in [0.3, 0.4) is 0 Å². The van der Waals surface area contributed by atoms with Crippen molar-refractivity contribution in [3.63, 3.8) is 0 Å². The van der Waals surface area contributed by atoms with Crippen LogP contribution in [-0.2, 0) is 7.05 Å². The number of aryl methyl sites for hydroxylation is 1. The van der Waals surface area contributed by atoms with Gasteiger partial charge in [-0.15, -0.1) is 0 Å². The molecule has 0 unspecified atom stereocenters.